The van der Waals surface area contributed by atoms with Crippen LogP contribution in [-0.2, 0) is 19.3 Å². The molecule has 0 amide bonds. The molecule has 1 heterocycles. The Kier molecular flexibility index (Phi) is 4.27. The van der Waals surface area contributed by atoms with Crippen molar-refractivity contribution in [2.24, 2.45) is 5.73 Å². The SMILES string of the molecule is NCCc1n[nH]c(CCCc2ccccc2)n1. The van der Waals surface area contributed by atoms with Crippen LogP contribution in [-0.4, -0.2) is 21.7 Å². The number of benzene rings is 1. The Morgan fingerprint density at radius 1 is 1.06 bits per heavy atom. The number of rotatable bonds is 6. The van der Waals surface area contributed by atoms with Crippen LogP contribution in [0.5, 0.6) is 0 Å². The number of nitrogens with zero attached hydrogens (tertiary/aromatic N) is 2. The van der Waals surface area contributed by atoms with Crippen molar-refractivity contribution in [3.05, 3.63) is 47.5 Å². The second-order valence-electron chi connectivity index (χ2n) is 4.08. The predicted octanol–water partition coefficient (Wildman–Crippen LogP) is 1.48. The summed E-state index contributed by atoms with van der Waals surface area (Å²) in [7, 11) is 0. The van der Waals surface area contributed by atoms with E-state index in [0.29, 0.717) is 6.54 Å². The smallest absolute Gasteiger partial charge is 0.151 e. The minimum Gasteiger partial charge on any atom is -0.330 e. The van der Waals surface area contributed by atoms with Gasteiger partial charge in [-0.25, -0.2) is 4.98 Å². The summed E-state index contributed by atoms with van der Waals surface area (Å²) in [4.78, 5) is 4.38. The van der Waals surface area contributed by atoms with Gasteiger partial charge in [-0.3, -0.25) is 5.10 Å². The number of aromatic amines is 1. The molecule has 1 aromatic carbocycles. The molecule has 17 heavy (non-hydrogen) atoms. The lowest BCUT2D eigenvalue weighted by Crippen LogP contribution is -2.04. The van der Waals surface area contributed by atoms with Gasteiger partial charge in [0.05, 0.1) is 0 Å². The normalized spacial score (nSPS) is 10.6. The van der Waals surface area contributed by atoms with Crippen molar-refractivity contribution in [2.75, 3.05) is 6.54 Å². The first kappa shape index (κ1) is 11.8. The maximum Gasteiger partial charge on any atom is 0.151 e. The summed E-state index contributed by atoms with van der Waals surface area (Å²) in [6.07, 6.45) is 3.84. The van der Waals surface area contributed by atoms with Crippen molar-refractivity contribution >= 4 is 0 Å². The van der Waals surface area contributed by atoms with Crippen LogP contribution >= 0.6 is 0 Å². The van der Waals surface area contributed by atoms with E-state index in [4.69, 9.17) is 5.73 Å². The summed E-state index contributed by atoms with van der Waals surface area (Å²) < 4.78 is 0. The summed E-state index contributed by atoms with van der Waals surface area (Å²) >= 11 is 0. The van der Waals surface area contributed by atoms with Crippen molar-refractivity contribution in [3.8, 4) is 0 Å². The van der Waals surface area contributed by atoms with Gasteiger partial charge in [-0.1, -0.05) is 30.3 Å². The van der Waals surface area contributed by atoms with E-state index in [9.17, 15) is 0 Å². The van der Waals surface area contributed by atoms with E-state index in [0.717, 1.165) is 37.3 Å². The average Bonchev–Trinajstić information content (AvgIpc) is 2.79. The Bertz CT molecular complexity index is 436. The Balaban J connectivity index is 1.78. The van der Waals surface area contributed by atoms with E-state index in [1.54, 1.807) is 0 Å². The van der Waals surface area contributed by atoms with Crippen LogP contribution in [0.4, 0.5) is 0 Å². The third-order valence-electron chi connectivity index (χ3n) is 2.67. The molecule has 90 valence electrons. The van der Waals surface area contributed by atoms with Gasteiger partial charge >= 0.3 is 0 Å². The summed E-state index contributed by atoms with van der Waals surface area (Å²) in [6, 6.07) is 10.5. The van der Waals surface area contributed by atoms with E-state index < -0.39 is 0 Å². The largest absolute Gasteiger partial charge is 0.330 e. The van der Waals surface area contributed by atoms with Crippen LogP contribution in [0.3, 0.4) is 0 Å². The zero-order valence-corrected chi connectivity index (χ0v) is 9.89. The van der Waals surface area contributed by atoms with Gasteiger partial charge < -0.3 is 5.73 Å². The highest BCUT2D eigenvalue weighted by Crippen LogP contribution is 2.05. The third kappa shape index (κ3) is 3.67. The maximum absolute atomic E-state index is 5.45. The first-order chi connectivity index (χ1) is 8.38. The zero-order valence-electron chi connectivity index (χ0n) is 9.89. The predicted molar refractivity (Wildman–Crippen MR) is 67.6 cm³/mol. The molecule has 0 aliphatic carbocycles. The van der Waals surface area contributed by atoms with E-state index in [-0.39, 0.29) is 0 Å². The highest BCUT2D eigenvalue weighted by molar-refractivity contribution is 5.14. The van der Waals surface area contributed by atoms with E-state index in [1.165, 1.54) is 5.56 Å². The molecule has 0 bridgehead atoms. The topological polar surface area (TPSA) is 67.6 Å². The van der Waals surface area contributed by atoms with Gasteiger partial charge in [0.25, 0.3) is 0 Å². The second kappa shape index (κ2) is 6.15. The van der Waals surface area contributed by atoms with Crippen LogP contribution in [0, 0.1) is 0 Å². The van der Waals surface area contributed by atoms with Gasteiger partial charge in [-0.15, -0.1) is 0 Å². The minimum atomic E-state index is 0.599. The molecule has 0 fully saturated rings. The Morgan fingerprint density at radius 2 is 1.88 bits per heavy atom. The van der Waals surface area contributed by atoms with Crippen LogP contribution in [0.15, 0.2) is 30.3 Å². The van der Waals surface area contributed by atoms with E-state index >= 15 is 0 Å². The molecule has 0 saturated carbocycles. The van der Waals surface area contributed by atoms with Gasteiger partial charge in [0.1, 0.15) is 5.82 Å². The molecule has 3 N–H and O–H groups in total. The number of H-pyrrole nitrogens is 1. The van der Waals surface area contributed by atoms with Gasteiger partial charge in [0, 0.05) is 12.8 Å². The molecule has 0 atom stereocenters. The van der Waals surface area contributed by atoms with Crippen molar-refractivity contribution < 1.29 is 0 Å². The van der Waals surface area contributed by atoms with Crippen LogP contribution in [0.1, 0.15) is 23.6 Å². The summed E-state index contributed by atoms with van der Waals surface area (Å²) in [6.45, 7) is 0.599. The Morgan fingerprint density at radius 3 is 2.65 bits per heavy atom. The number of nitrogens with two attached hydrogens (primary N) is 1. The Hall–Kier alpha value is -1.68. The fourth-order valence-electron chi connectivity index (χ4n) is 1.79. The molecule has 0 aliphatic heterocycles. The zero-order chi connectivity index (χ0) is 11.9. The molecule has 0 radical (unpaired) electrons. The monoisotopic (exact) mass is 230 g/mol. The molecule has 2 aromatic rings. The van der Waals surface area contributed by atoms with E-state index in [1.807, 2.05) is 6.07 Å². The number of hydrogen-bond donors (Lipinski definition) is 2. The molecule has 4 heteroatoms. The second-order valence-corrected chi connectivity index (χ2v) is 4.08. The molecular formula is C13H18N4. The van der Waals surface area contributed by atoms with E-state index in [2.05, 4.69) is 39.4 Å². The third-order valence-corrected chi connectivity index (χ3v) is 2.67. The summed E-state index contributed by atoms with van der Waals surface area (Å²) in [5.74, 6) is 1.78. The molecule has 0 unspecified atom stereocenters. The van der Waals surface area contributed by atoms with Crippen molar-refractivity contribution in [3.63, 3.8) is 0 Å². The van der Waals surface area contributed by atoms with Crippen LogP contribution in [0.25, 0.3) is 0 Å². The number of aromatic nitrogens is 3. The van der Waals surface area contributed by atoms with Crippen molar-refractivity contribution in [2.45, 2.75) is 25.7 Å². The molecule has 1 aromatic heterocycles. The number of nitrogens with one attached hydrogen (secondary N) is 1. The molecule has 2 rings (SSSR count). The standard InChI is InChI=1S/C13H18N4/c14-10-9-13-15-12(16-17-13)8-4-7-11-5-2-1-3-6-11/h1-3,5-6H,4,7-10,14H2,(H,15,16,17). The fraction of sp³-hybridized carbons (Fsp3) is 0.385. The van der Waals surface area contributed by atoms with Crippen molar-refractivity contribution in [1.82, 2.24) is 15.2 Å². The number of hydrogen-bond acceptors (Lipinski definition) is 3. The summed E-state index contributed by atoms with van der Waals surface area (Å²) in [5, 5.41) is 7.08. The first-order valence-corrected chi connectivity index (χ1v) is 6.02. The molecule has 4 nitrogen and oxygen atoms in total. The van der Waals surface area contributed by atoms with Gasteiger partial charge in [-0.2, -0.15) is 5.10 Å². The highest BCUT2D eigenvalue weighted by Gasteiger charge is 2.02. The summed E-state index contributed by atoms with van der Waals surface area (Å²) in [5.41, 5.74) is 6.82. The lowest BCUT2D eigenvalue weighted by molar-refractivity contribution is 0.774. The first-order valence-electron chi connectivity index (χ1n) is 6.02. The van der Waals surface area contributed by atoms with Gasteiger partial charge in [0.2, 0.25) is 0 Å². The fourth-order valence-corrected chi connectivity index (χ4v) is 1.79. The maximum atomic E-state index is 5.45. The number of aryl methyl sites for hydroxylation is 2. The highest BCUT2D eigenvalue weighted by atomic mass is 15.2. The van der Waals surface area contributed by atoms with Crippen LogP contribution < -0.4 is 5.73 Å². The van der Waals surface area contributed by atoms with Gasteiger partial charge in [-0.05, 0) is 24.9 Å². The Labute approximate surface area is 101 Å². The molecular weight excluding hydrogens is 212 g/mol. The lowest BCUT2D eigenvalue weighted by Gasteiger charge is -1.98. The molecule has 0 saturated heterocycles. The lowest BCUT2D eigenvalue weighted by atomic mass is 10.1. The molecule has 0 spiro atoms. The average molecular weight is 230 g/mol. The molecule has 0 aliphatic rings. The quantitative estimate of drug-likeness (QED) is 0.790. The minimum absolute atomic E-state index is 0.599. The van der Waals surface area contributed by atoms with Crippen molar-refractivity contribution in [1.29, 1.82) is 0 Å². The van der Waals surface area contributed by atoms with Crippen LogP contribution in [0.2, 0.25) is 0 Å². The van der Waals surface area contributed by atoms with Gasteiger partial charge in [0.15, 0.2) is 5.82 Å².